The van der Waals surface area contributed by atoms with Crippen molar-refractivity contribution in [3.63, 3.8) is 0 Å². The summed E-state index contributed by atoms with van der Waals surface area (Å²) in [5, 5.41) is 3.66. The van der Waals surface area contributed by atoms with E-state index in [1.165, 1.54) is 0 Å². The number of nitrogens with zero attached hydrogens (tertiary/aromatic N) is 4. The van der Waals surface area contributed by atoms with Gasteiger partial charge in [0.1, 0.15) is 0 Å². The standard InChI is InChI=1S/C11H14N4O2/c1-2-17-11(16)6-5-10(14-15-12)9-4-3-7-13-8-9/h3-4,7-8,10H,2,5-6H2,1H3. The number of esters is 1. The van der Waals surface area contributed by atoms with Crippen LogP contribution in [0.4, 0.5) is 0 Å². The highest BCUT2D eigenvalue weighted by Gasteiger charge is 2.12. The van der Waals surface area contributed by atoms with Crippen LogP contribution < -0.4 is 0 Å². The lowest BCUT2D eigenvalue weighted by molar-refractivity contribution is -0.143. The van der Waals surface area contributed by atoms with Gasteiger partial charge in [-0.1, -0.05) is 11.2 Å². The molecule has 0 aliphatic heterocycles. The largest absolute Gasteiger partial charge is 0.466 e. The minimum atomic E-state index is -0.377. The van der Waals surface area contributed by atoms with Crippen LogP contribution in [0.15, 0.2) is 29.6 Å². The van der Waals surface area contributed by atoms with Crippen LogP contribution in [0, 0.1) is 0 Å². The number of hydrogen-bond donors (Lipinski definition) is 0. The zero-order chi connectivity index (χ0) is 12.5. The van der Waals surface area contributed by atoms with E-state index in [1.54, 1.807) is 25.4 Å². The maximum absolute atomic E-state index is 11.2. The molecule has 1 atom stereocenters. The summed E-state index contributed by atoms with van der Waals surface area (Å²) in [7, 11) is 0. The molecule has 90 valence electrons. The monoisotopic (exact) mass is 234 g/mol. The summed E-state index contributed by atoms with van der Waals surface area (Å²) in [6, 6.07) is 3.20. The second-order valence-corrected chi connectivity index (χ2v) is 3.35. The summed E-state index contributed by atoms with van der Waals surface area (Å²) in [5.41, 5.74) is 9.29. The molecular weight excluding hydrogens is 220 g/mol. The molecule has 1 aromatic heterocycles. The summed E-state index contributed by atoms with van der Waals surface area (Å²) in [6.45, 7) is 2.11. The summed E-state index contributed by atoms with van der Waals surface area (Å²) in [4.78, 5) is 17.9. The van der Waals surface area contributed by atoms with Gasteiger partial charge in [-0.2, -0.15) is 0 Å². The maximum Gasteiger partial charge on any atom is 0.305 e. The second-order valence-electron chi connectivity index (χ2n) is 3.35. The van der Waals surface area contributed by atoms with Crippen molar-refractivity contribution >= 4 is 5.97 Å². The molecule has 0 radical (unpaired) electrons. The van der Waals surface area contributed by atoms with Crippen LogP contribution in [-0.4, -0.2) is 17.6 Å². The molecule has 6 heteroatoms. The van der Waals surface area contributed by atoms with Gasteiger partial charge in [-0.05, 0) is 30.5 Å². The number of azide groups is 1. The van der Waals surface area contributed by atoms with Crippen molar-refractivity contribution in [1.29, 1.82) is 0 Å². The highest BCUT2D eigenvalue weighted by molar-refractivity contribution is 5.69. The van der Waals surface area contributed by atoms with Crippen molar-refractivity contribution in [1.82, 2.24) is 4.98 Å². The highest BCUT2D eigenvalue weighted by Crippen LogP contribution is 2.22. The maximum atomic E-state index is 11.2. The fraction of sp³-hybridized carbons (Fsp3) is 0.455. The predicted octanol–water partition coefficient (Wildman–Crippen LogP) is 2.78. The molecule has 0 aliphatic rings. The van der Waals surface area contributed by atoms with E-state index in [2.05, 4.69) is 15.0 Å². The average molecular weight is 234 g/mol. The second kappa shape index (κ2) is 7.24. The van der Waals surface area contributed by atoms with E-state index >= 15 is 0 Å². The molecule has 0 bridgehead atoms. The van der Waals surface area contributed by atoms with Gasteiger partial charge in [-0.15, -0.1) is 0 Å². The van der Waals surface area contributed by atoms with Gasteiger partial charge in [0.15, 0.2) is 0 Å². The number of hydrogen-bond acceptors (Lipinski definition) is 4. The molecule has 1 rings (SSSR count). The van der Waals surface area contributed by atoms with E-state index in [9.17, 15) is 4.79 Å². The summed E-state index contributed by atoms with van der Waals surface area (Å²) in [5.74, 6) is -0.283. The Morgan fingerprint density at radius 2 is 2.53 bits per heavy atom. The van der Waals surface area contributed by atoms with Gasteiger partial charge in [0.05, 0.1) is 12.6 Å². The summed E-state index contributed by atoms with van der Waals surface area (Å²) in [6.07, 6.45) is 3.92. The normalized spacial score (nSPS) is 11.4. The van der Waals surface area contributed by atoms with Crippen molar-refractivity contribution < 1.29 is 9.53 Å². The van der Waals surface area contributed by atoms with Crippen LogP contribution in [-0.2, 0) is 9.53 Å². The van der Waals surface area contributed by atoms with Crippen molar-refractivity contribution in [3.05, 3.63) is 40.5 Å². The molecule has 0 saturated heterocycles. The van der Waals surface area contributed by atoms with Crippen molar-refractivity contribution in [2.45, 2.75) is 25.8 Å². The first-order valence-corrected chi connectivity index (χ1v) is 5.37. The molecule has 0 saturated carbocycles. The Labute approximate surface area is 99.2 Å². The van der Waals surface area contributed by atoms with Gasteiger partial charge >= 0.3 is 5.97 Å². The Balaban J connectivity index is 2.62. The number of carbonyl (C=O) groups excluding carboxylic acids is 1. The number of ether oxygens (including phenoxy) is 1. The Morgan fingerprint density at radius 1 is 1.71 bits per heavy atom. The van der Waals surface area contributed by atoms with Gasteiger partial charge < -0.3 is 4.74 Å². The molecule has 1 heterocycles. The van der Waals surface area contributed by atoms with Gasteiger partial charge in [0, 0.05) is 23.7 Å². The molecular formula is C11H14N4O2. The van der Waals surface area contributed by atoms with E-state index in [1.807, 2.05) is 6.07 Å². The minimum absolute atomic E-state index is 0.229. The lowest BCUT2D eigenvalue weighted by Crippen LogP contribution is -2.06. The third-order valence-corrected chi connectivity index (χ3v) is 2.19. The highest BCUT2D eigenvalue weighted by atomic mass is 16.5. The van der Waals surface area contributed by atoms with Crippen molar-refractivity contribution in [2.24, 2.45) is 5.11 Å². The smallest absolute Gasteiger partial charge is 0.305 e. The first-order valence-electron chi connectivity index (χ1n) is 5.37. The van der Waals surface area contributed by atoms with Crippen molar-refractivity contribution in [2.75, 3.05) is 6.61 Å². The van der Waals surface area contributed by atoms with Crippen LogP contribution >= 0.6 is 0 Å². The molecule has 0 spiro atoms. The van der Waals surface area contributed by atoms with Gasteiger partial charge in [0.25, 0.3) is 0 Å². The lowest BCUT2D eigenvalue weighted by atomic mass is 10.1. The molecule has 1 aromatic rings. The Bertz CT molecular complexity index is 401. The molecule has 1 unspecified atom stereocenters. The van der Waals surface area contributed by atoms with Crippen LogP contribution in [0.2, 0.25) is 0 Å². The quantitative estimate of drug-likeness (QED) is 0.328. The Hall–Kier alpha value is -2.07. The van der Waals surface area contributed by atoms with Gasteiger partial charge in [0.2, 0.25) is 0 Å². The third kappa shape index (κ3) is 4.53. The predicted molar refractivity (Wildman–Crippen MR) is 62.0 cm³/mol. The van der Waals surface area contributed by atoms with E-state index < -0.39 is 0 Å². The molecule has 0 N–H and O–H groups in total. The molecule has 6 nitrogen and oxygen atoms in total. The van der Waals surface area contributed by atoms with E-state index in [4.69, 9.17) is 10.3 Å². The van der Waals surface area contributed by atoms with Crippen LogP contribution in [0.25, 0.3) is 10.4 Å². The Morgan fingerprint density at radius 3 is 3.12 bits per heavy atom. The number of aromatic nitrogens is 1. The van der Waals surface area contributed by atoms with Gasteiger partial charge in [-0.25, -0.2) is 0 Å². The zero-order valence-corrected chi connectivity index (χ0v) is 9.61. The summed E-state index contributed by atoms with van der Waals surface area (Å²) >= 11 is 0. The average Bonchev–Trinajstić information content (AvgIpc) is 2.36. The van der Waals surface area contributed by atoms with Gasteiger partial charge in [-0.3, -0.25) is 9.78 Å². The zero-order valence-electron chi connectivity index (χ0n) is 9.61. The lowest BCUT2D eigenvalue weighted by Gasteiger charge is -2.10. The molecule has 17 heavy (non-hydrogen) atoms. The molecule has 0 aliphatic carbocycles. The molecule has 0 aromatic carbocycles. The minimum Gasteiger partial charge on any atom is -0.466 e. The molecule has 0 fully saturated rings. The van der Waals surface area contributed by atoms with E-state index in [0.29, 0.717) is 13.0 Å². The fourth-order valence-corrected chi connectivity index (χ4v) is 1.41. The fourth-order valence-electron chi connectivity index (χ4n) is 1.41. The summed E-state index contributed by atoms with van der Waals surface area (Å²) < 4.78 is 4.82. The SMILES string of the molecule is CCOC(=O)CCC(N=[N+]=[N-])c1cccnc1. The first-order chi connectivity index (χ1) is 8.27. The van der Waals surface area contributed by atoms with E-state index in [0.717, 1.165) is 5.56 Å². The topological polar surface area (TPSA) is 88.0 Å². The van der Waals surface area contributed by atoms with Crippen molar-refractivity contribution in [3.8, 4) is 0 Å². The van der Waals surface area contributed by atoms with Crippen LogP contribution in [0.3, 0.4) is 0 Å². The van der Waals surface area contributed by atoms with E-state index in [-0.39, 0.29) is 18.4 Å². The Kier molecular flexibility index (Phi) is 5.54. The third-order valence-electron chi connectivity index (χ3n) is 2.19. The van der Waals surface area contributed by atoms with Crippen LogP contribution in [0.1, 0.15) is 31.4 Å². The number of rotatable bonds is 6. The first kappa shape index (κ1) is 13.0. The number of carbonyl (C=O) groups is 1. The van der Waals surface area contributed by atoms with Crippen LogP contribution in [0.5, 0.6) is 0 Å². The molecule has 0 amide bonds. The number of pyridine rings is 1.